The van der Waals surface area contributed by atoms with Crippen molar-refractivity contribution in [1.82, 2.24) is 4.31 Å². The van der Waals surface area contributed by atoms with Gasteiger partial charge < -0.3 is 0 Å². The van der Waals surface area contributed by atoms with Gasteiger partial charge in [0.2, 0.25) is 15.8 Å². The average Bonchev–Trinajstić information content (AvgIpc) is 3.18. The third-order valence-corrected chi connectivity index (χ3v) is 5.65. The summed E-state index contributed by atoms with van der Waals surface area (Å²) in [6.07, 6.45) is 1.99. The molecule has 1 aliphatic rings. The second-order valence-electron chi connectivity index (χ2n) is 5.23. The number of hydrogen-bond donors (Lipinski definition) is 0. The number of hydrogen-bond acceptors (Lipinski definition) is 4. The zero-order chi connectivity index (χ0) is 15.8. The number of rotatable bonds is 6. The normalized spacial score (nSPS) is 15.4. The molecular formula is C13H17FN2O4S. The van der Waals surface area contributed by atoms with E-state index in [-0.39, 0.29) is 17.0 Å². The lowest BCUT2D eigenvalue weighted by molar-refractivity contribution is -0.387. The summed E-state index contributed by atoms with van der Waals surface area (Å²) in [7, 11) is -3.85. The van der Waals surface area contributed by atoms with Crippen molar-refractivity contribution in [3.05, 3.63) is 33.6 Å². The van der Waals surface area contributed by atoms with Gasteiger partial charge in [-0.15, -0.1) is 0 Å². The number of benzene rings is 1. The molecule has 0 saturated heterocycles. The summed E-state index contributed by atoms with van der Waals surface area (Å²) in [5.74, 6) is -0.669. The summed E-state index contributed by atoms with van der Waals surface area (Å²) in [6, 6.07) is 1.71. The molecule has 21 heavy (non-hydrogen) atoms. The van der Waals surface area contributed by atoms with Gasteiger partial charge in [0.15, 0.2) is 0 Å². The summed E-state index contributed by atoms with van der Waals surface area (Å²) >= 11 is 0. The van der Waals surface area contributed by atoms with Crippen LogP contribution in [0, 0.1) is 28.8 Å². The maximum Gasteiger partial charge on any atom is 0.306 e. The Labute approximate surface area is 122 Å². The van der Waals surface area contributed by atoms with Crippen LogP contribution in [0.4, 0.5) is 10.1 Å². The van der Waals surface area contributed by atoms with Crippen LogP contribution in [0.1, 0.15) is 25.3 Å². The molecule has 0 aliphatic heterocycles. The monoisotopic (exact) mass is 316 g/mol. The second-order valence-corrected chi connectivity index (χ2v) is 7.13. The Kier molecular flexibility index (Phi) is 4.29. The van der Waals surface area contributed by atoms with Gasteiger partial charge >= 0.3 is 5.69 Å². The smallest absolute Gasteiger partial charge is 0.258 e. The maximum absolute atomic E-state index is 13.5. The molecule has 1 aliphatic carbocycles. The largest absolute Gasteiger partial charge is 0.306 e. The van der Waals surface area contributed by atoms with Gasteiger partial charge in [0.05, 0.1) is 9.82 Å². The van der Waals surface area contributed by atoms with Crippen LogP contribution >= 0.6 is 0 Å². The van der Waals surface area contributed by atoms with E-state index < -0.39 is 26.5 Å². The quantitative estimate of drug-likeness (QED) is 0.596. The molecule has 1 aromatic carbocycles. The van der Waals surface area contributed by atoms with Crippen molar-refractivity contribution in [2.24, 2.45) is 5.92 Å². The Morgan fingerprint density at radius 3 is 2.52 bits per heavy atom. The molecule has 0 bridgehead atoms. The van der Waals surface area contributed by atoms with Crippen molar-refractivity contribution in [2.75, 3.05) is 13.1 Å². The summed E-state index contributed by atoms with van der Waals surface area (Å²) < 4.78 is 40.1. The van der Waals surface area contributed by atoms with E-state index in [2.05, 4.69) is 0 Å². The summed E-state index contributed by atoms with van der Waals surface area (Å²) in [6.45, 7) is 3.84. The van der Waals surface area contributed by atoms with Crippen LogP contribution < -0.4 is 0 Å². The van der Waals surface area contributed by atoms with Gasteiger partial charge in [0.25, 0.3) is 0 Å². The molecule has 2 rings (SSSR count). The highest BCUT2D eigenvalue weighted by atomic mass is 32.2. The minimum atomic E-state index is -3.85. The Morgan fingerprint density at radius 1 is 1.43 bits per heavy atom. The van der Waals surface area contributed by atoms with Crippen LogP contribution in [0.15, 0.2) is 17.0 Å². The lowest BCUT2D eigenvalue weighted by atomic mass is 10.2. The zero-order valence-electron chi connectivity index (χ0n) is 11.9. The molecule has 0 radical (unpaired) electrons. The van der Waals surface area contributed by atoms with E-state index in [0.717, 1.165) is 25.0 Å². The van der Waals surface area contributed by atoms with Crippen molar-refractivity contribution in [3.8, 4) is 0 Å². The van der Waals surface area contributed by atoms with Crippen LogP contribution in [0.2, 0.25) is 0 Å². The maximum atomic E-state index is 13.5. The molecule has 0 spiro atoms. The topological polar surface area (TPSA) is 80.5 Å². The first-order valence-electron chi connectivity index (χ1n) is 6.72. The molecule has 1 fully saturated rings. The fourth-order valence-electron chi connectivity index (χ4n) is 2.18. The minimum absolute atomic E-state index is 0.173. The molecule has 6 nitrogen and oxygen atoms in total. The Bertz CT molecular complexity index is 671. The van der Waals surface area contributed by atoms with E-state index in [4.69, 9.17) is 0 Å². The van der Waals surface area contributed by atoms with Crippen molar-refractivity contribution in [3.63, 3.8) is 0 Å². The molecule has 0 unspecified atom stereocenters. The van der Waals surface area contributed by atoms with Gasteiger partial charge in [-0.1, -0.05) is 6.92 Å². The van der Waals surface area contributed by atoms with Crippen LogP contribution in [0.3, 0.4) is 0 Å². The number of nitrogens with zero attached hydrogens (tertiary/aromatic N) is 2. The minimum Gasteiger partial charge on any atom is -0.258 e. The fourth-order valence-corrected chi connectivity index (χ4v) is 3.94. The molecule has 0 N–H and O–H groups in total. The summed E-state index contributed by atoms with van der Waals surface area (Å²) in [5, 5.41) is 10.8. The van der Waals surface area contributed by atoms with E-state index in [0.29, 0.717) is 12.5 Å². The van der Waals surface area contributed by atoms with E-state index >= 15 is 0 Å². The Balaban J connectivity index is 2.47. The van der Waals surface area contributed by atoms with Crippen LogP contribution in [0.25, 0.3) is 0 Å². The van der Waals surface area contributed by atoms with Gasteiger partial charge in [-0.25, -0.2) is 8.42 Å². The molecule has 0 heterocycles. The molecular weight excluding hydrogens is 299 g/mol. The molecule has 0 atom stereocenters. The fraction of sp³-hybridized carbons (Fsp3) is 0.538. The zero-order valence-corrected chi connectivity index (χ0v) is 12.7. The number of halogens is 1. The van der Waals surface area contributed by atoms with Crippen molar-refractivity contribution in [2.45, 2.75) is 31.6 Å². The number of aryl methyl sites for hydroxylation is 1. The standard InChI is InChI=1S/C13H17FN2O4S/c1-3-15(8-10-4-5-10)21(19,20)13-7-12(16(17)18)11(14)6-9(13)2/h6-7,10H,3-5,8H2,1-2H3. The Hall–Kier alpha value is -1.54. The lowest BCUT2D eigenvalue weighted by Crippen LogP contribution is -2.33. The molecule has 8 heteroatoms. The first-order valence-corrected chi connectivity index (χ1v) is 8.16. The second kappa shape index (κ2) is 5.69. The highest BCUT2D eigenvalue weighted by molar-refractivity contribution is 7.89. The van der Waals surface area contributed by atoms with Gasteiger partial charge in [-0.05, 0) is 37.3 Å². The van der Waals surface area contributed by atoms with Gasteiger partial charge in [-0.2, -0.15) is 8.70 Å². The van der Waals surface area contributed by atoms with Gasteiger partial charge in [0, 0.05) is 19.2 Å². The number of nitro groups is 1. The lowest BCUT2D eigenvalue weighted by Gasteiger charge is -2.21. The van der Waals surface area contributed by atoms with E-state index in [1.54, 1.807) is 6.92 Å². The van der Waals surface area contributed by atoms with Crippen LogP contribution in [0.5, 0.6) is 0 Å². The highest BCUT2D eigenvalue weighted by Gasteiger charge is 2.33. The van der Waals surface area contributed by atoms with Gasteiger partial charge in [-0.3, -0.25) is 10.1 Å². The van der Waals surface area contributed by atoms with Crippen molar-refractivity contribution < 1.29 is 17.7 Å². The third-order valence-electron chi connectivity index (χ3n) is 3.57. The molecule has 1 aromatic rings. The third kappa shape index (κ3) is 3.21. The Morgan fingerprint density at radius 2 is 2.05 bits per heavy atom. The van der Waals surface area contributed by atoms with Crippen molar-refractivity contribution in [1.29, 1.82) is 0 Å². The molecule has 1 saturated carbocycles. The summed E-state index contributed by atoms with van der Waals surface area (Å²) in [5.41, 5.74) is -0.644. The van der Waals surface area contributed by atoms with Crippen LogP contribution in [-0.4, -0.2) is 30.7 Å². The van der Waals surface area contributed by atoms with Gasteiger partial charge in [0.1, 0.15) is 0 Å². The molecule has 0 amide bonds. The van der Waals surface area contributed by atoms with E-state index in [9.17, 15) is 22.9 Å². The first-order chi connectivity index (χ1) is 9.77. The average molecular weight is 316 g/mol. The first kappa shape index (κ1) is 15.8. The highest BCUT2D eigenvalue weighted by Crippen LogP contribution is 2.33. The summed E-state index contributed by atoms with van der Waals surface area (Å²) in [4.78, 5) is 9.69. The van der Waals surface area contributed by atoms with Crippen molar-refractivity contribution >= 4 is 15.7 Å². The SMILES string of the molecule is CCN(CC1CC1)S(=O)(=O)c1cc([N+](=O)[O-])c(F)cc1C. The van der Waals surface area contributed by atoms with E-state index in [1.807, 2.05) is 0 Å². The molecule has 116 valence electrons. The predicted octanol–water partition coefficient (Wildman–Crippen LogP) is 2.46. The van der Waals surface area contributed by atoms with Crippen LogP contribution in [-0.2, 0) is 10.0 Å². The predicted molar refractivity (Wildman–Crippen MR) is 74.9 cm³/mol. The van der Waals surface area contributed by atoms with E-state index in [1.165, 1.54) is 11.2 Å². The molecule has 0 aromatic heterocycles. The number of nitro benzene ring substituents is 1. The number of sulfonamides is 1.